The van der Waals surface area contributed by atoms with Gasteiger partial charge in [-0.2, -0.15) is 0 Å². The lowest BCUT2D eigenvalue weighted by molar-refractivity contribution is -0.262. The van der Waals surface area contributed by atoms with Crippen LogP contribution in [0.1, 0.15) is 13.8 Å². The van der Waals surface area contributed by atoms with Crippen LogP contribution in [0.4, 0.5) is 0 Å². The first-order chi connectivity index (χ1) is 4.70. The lowest BCUT2D eigenvalue weighted by Crippen LogP contribution is -2.21. The maximum absolute atomic E-state index is 10.3. The molecular weight excluding hydrogens is 136 g/mol. The summed E-state index contributed by atoms with van der Waals surface area (Å²) < 4.78 is 14.0. The Morgan fingerprint density at radius 2 is 2.20 bits per heavy atom. The first-order valence-electron chi connectivity index (χ1n) is 3.02. The van der Waals surface area contributed by atoms with Gasteiger partial charge in [-0.25, -0.2) is 0 Å². The van der Waals surface area contributed by atoms with E-state index in [2.05, 4.69) is 9.47 Å². The molecule has 1 unspecified atom stereocenters. The Morgan fingerprint density at radius 3 is 2.50 bits per heavy atom. The maximum Gasteiger partial charge on any atom is 0.318 e. The van der Waals surface area contributed by atoms with Gasteiger partial charge in [-0.15, -0.1) is 0 Å². The van der Waals surface area contributed by atoms with Gasteiger partial charge in [-0.3, -0.25) is 4.79 Å². The summed E-state index contributed by atoms with van der Waals surface area (Å²) in [4.78, 5) is 10.3. The summed E-state index contributed by atoms with van der Waals surface area (Å²) in [5.41, 5.74) is 0. The van der Waals surface area contributed by atoms with Crippen molar-refractivity contribution in [3.05, 3.63) is 0 Å². The molecule has 4 heteroatoms. The Balaban J connectivity index is 3.49. The number of hydrogen-bond acceptors (Lipinski definition) is 4. The maximum atomic E-state index is 10.3. The van der Waals surface area contributed by atoms with Gasteiger partial charge < -0.3 is 14.2 Å². The molecule has 0 heterocycles. The van der Waals surface area contributed by atoms with Crippen LogP contribution in [0.2, 0.25) is 0 Å². The highest BCUT2D eigenvalue weighted by Gasteiger charge is 2.07. The van der Waals surface area contributed by atoms with Crippen LogP contribution in [0.15, 0.2) is 0 Å². The van der Waals surface area contributed by atoms with Gasteiger partial charge in [0, 0.05) is 14.0 Å². The Kier molecular flexibility index (Phi) is 4.88. The molecule has 0 aromatic rings. The molecule has 0 spiro atoms. The van der Waals surface area contributed by atoms with Crippen molar-refractivity contribution in [1.82, 2.24) is 0 Å². The molecule has 0 aliphatic heterocycles. The van der Waals surface area contributed by atoms with Crippen molar-refractivity contribution in [2.75, 3.05) is 13.7 Å². The Labute approximate surface area is 60.1 Å². The fraction of sp³-hybridized carbons (Fsp3) is 0.833. The monoisotopic (exact) mass is 148 g/mol. The van der Waals surface area contributed by atoms with Crippen LogP contribution >= 0.6 is 0 Å². The number of carbonyl (C=O) groups is 1. The lowest BCUT2D eigenvalue weighted by Gasteiger charge is -2.13. The van der Waals surface area contributed by atoms with E-state index in [1.165, 1.54) is 14.0 Å². The van der Waals surface area contributed by atoms with E-state index in [1.807, 2.05) is 0 Å². The Morgan fingerprint density at radius 1 is 1.60 bits per heavy atom. The van der Waals surface area contributed by atoms with Crippen LogP contribution in [-0.2, 0) is 19.0 Å². The predicted octanol–water partition coefficient (Wildman–Crippen LogP) is 0.516. The third-order valence-corrected chi connectivity index (χ3v) is 0.757. The van der Waals surface area contributed by atoms with Crippen molar-refractivity contribution >= 4 is 5.97 Å². The number of rotatable bonds is 4. The Hall–Kier alpha value is -0.610. The molecule has 0 amide bonds. The molecule has 0 N–H and O–H groups in total. The van der Waals surface area contributed by atoms with Crippen LogP contribution in [0.3, 0.4) is 0 Å². The quantitative estimate of drug-likeness (QED) is 0.430. The largest absolute Gasteiger partial charge is 0.411 e. The molecule has 0 saturated carbocycles. The van der Waals surface area contributed by atoms with E-state index in [4.69, 9.17) is 4.74 Å². The number of esters is 1. The topological polar surface area (TPSA) is 44.8 Å². The lowest BCUT2D eigenvalue weighted by atomic mass is 10.8. The van der Waals surface area contributed by atoms with E-state index >= 15 is 0 Å². The molecule has 0 bridgehead atoms. The Bertz CT molecular complexity index is 102. The van der Waals surface area contributed by atoms with Gasteiger partial charge in [-0.05, 0) is 6.92 Å². The molecule has 0 aliphatic rings. The molecular formula is C6H12O4. The molecule has 0 rings (SSSR count). The van der Waals surface area contributed by atoms with E-state index in [0.717, 1.165) is 0 Å². The molecule has 1 atom stereocenters. The standard InChI is InChI=1S/C6H12O4/c1-4-9-6(8-3)10-5(2)7/h6H,4H2,1-3H3. The number of carbonyl (C=O) groups excluding carboxylic acids is 1. The first-order valence-corrected chi connectivity index (χ1v) is 3.02. The van der Waals surface area contributed by atoms with E-state index in [1.54, 1.807) is 6.92 Å². The van der Waals surface area contributed by atoms with Gasteiger partial charge in [-0.1, -0.05) is 0 Å². The summed E-state index contributed by atoms with van der Waals surface area (Å²) in [6, 6.07) is 0. The van der Waals surface area contributed by atoms with Crippen molar-refractivity contribution in [2.24, 2.45) is 0 Å². The van der Waals surface area contributed by atoms with E-state index in [-0.39, 0.29) is 0 Å². The molecule has 0 aromatic heterocycles. The van der Waals surface area contributed by atoms with Crippen LogP contribution in [0.25, 0.3) is 0 Å². The predicted molar refractivity (Wildman–Crippen MR) is 34.2 cm³/mol. The van der Waals surface area contributed by atoms with E-state index in [0.29, 0.717) is 6.61 Å². The van der Waals surface area contributed by atoms with Crippen LogP contribution in [-0.4, -0.2) is 26.2 Å². The molecule has 10 heavy (non-hydrogen) atoms. The van der Waals surface area contributed by atoms with Crippen molar-refractivity contribution in [3.63, 3.8) is 0 Å². The van der Waals surface area contributed by atoms with Crippen molar-refractivity contribution in [2.45, 2.75) is 20.3 Å². The summed E-state index contributed by atoms with van der Waals surface area (Å²) >= 11 is 0. The van der Waals surface area contributed by atoms with E-state index in [9.17, 15) is 4.79 Å². The SMILES string of the molecule is CCOC(OC)OC(C)=O. The fourth-order valence-electron chi connectivity index (χ4n) is 0.422. The third kappa shape index (κ3) is 4.29. The minimum Gasteiger partial charge on any atom is -0.411 e. The van der Waals surface area contributed by atoms with Crippen molar-refractivity contribution in [1.29, 1.82) is 0 Å². The van der Waals surface area contributed by atoms with Gasteiger partial charge >= 0.3 is 12.4 Å². The summed E-state index contributed by atoms with van der Waals surface area (Å²) in [6.07, 6.45) is 0. The zero-order valence-electron chi connectivity index (χ0n) is 6.42. The minimum atomic E-state index is -0.859. The smallest absolute Gasteiger partial charge is 0.318 e. The van der Waals surface area contributed by atoms with Gasteiger partial charge in [0.15, 0.2) is 0 Å². The number of ether oxygens (including phenoxy) is 3. The summed E-state index contributed by atoms with van der Waals surface area (Å²) in [5.74, 6) is -0.416. The molecule has 0 fully saturated rings. The van der Waals surface area contributed by atoms with Gasteiger partial charge in [0.25, 0.3) is 0 Å². The highest BCUT2D eigenvalue weighted by atomic mass is 16.8. The molecule has 0 saturated heterocycles. The summed E-state index contributed by atoms with van der Waals surface area (Å²) in [5, 5.41) is 0. The highest BCUT2D eigenvalue weighted by Crippen LogP contribution is 1.94. The van der Waals surface area contributed by atoms with Gasteiger partial charge in [0.1, 0.15) is 0 Å². The first kappa shape index (κ1) is 9.39. The zero-order chi connectivity index (χ0) is 7.98. The fourth-order valence-corrected chi connectivity index (χ4v) is 0.422. The van der Waals surface area contributed by atoms with E-state index < -0.39 is 12.4 Å². The van der Waals surface area contributed by atoms with Crippen molar-refractivity contribution < 1.29 is 19.0 Å². The second kappa shape index (κ2) is 5.20. The normalized spacial score (nSPS) is 12.7. The molecule has 4 nitrogen and oxygen atoms in total. The van der Waals surface area contributed by atoms with Gasteiger partial charge in [0.2, 0.25) is 0 Å². The second-order valence-corrected chi connectivity index (χ2v) is 1.59. The van der Waals surface area contributed by atoms with Crippen LogP contribution < -0.4 is 0 Å². The second-order valence-electron chi connectivity index (χ2n) is 1.59. The summed E-state index contributed by atoms with van der Waals surface area (Å²) in [7, 11) is 1.41. The zero-order valence-corrected chi connectivity index (χ0v) is 6.42. The molecule has 0 radical (unpaired) electrons. The number of hydrogen-bond donors (Lipinski definition) is 0. The van der Waals surface area contributed by atoms with Crippen LogP contribution in [0, 0.1) is 0 Å². The molecule has 60 valence electrons. The average Bonchev–Trinajstić information content (AvgIpc) is 1.86. The average molecular weight is 148 g/mol. The third-order valence-electron chi connectivity index (χ3n) is 0.757. The minimum absolute atomic E-state index is 0.416. The van der Waals surface area contributed by atoms with Gasteiger partial charge in [0.05, 0.1) is 6.61 Å². The highest BCUT2D eigenvalue weighted by molar-refractivity contribution is 5.65. The summed E-state index contributed by atoms with van der Waals surface area (Å²) in [6.45, 7) is 2.68. The van der Waals surface area contributed by atoms with Crippen molar-refractivity contribution in [3.8, 4) is 0 Å². The number of methoxy groups -OCH3 is 1. The molecule has 0 aromatic carbocycles. The van der Waals surface area contributed by atoms with Crippen LogP contribution in [0.5, 0.6) is 0 Å². The molecule has 0 aliphatic carbocycles.